The molecule has 150 valence electrons. The molecule has 0 spiro atoms. The Kier molecular flexibility index (Phi) is 6.20. The van der Waals surface area contributed by atoms with E-state index in [1.807, 2.05) is 23.6 Å². The molecular formula is C19H25N5O4. The number of benzene rings is 1. The first kappa shape index (κ1) is 20.2. The maximum absolute atomic E-state index is 9.16. The number of fused-ring (bicyclic) bond motifs is 1. The SMILES string of the molecule is C[C@H]1CC(CO)O[C@H]1n1cnc2c(N)ncnc21.Cc1ccc(C(O)O)cc1. The smallest absolute Gasteiger partial charge is 0.178 e. The summed E-state index contributed by atoms with van der Waals surface area (Å²) in [6.45, 7) is 4.06. The Morgan fingerprint density at radius 3 is 2.54 bits per heavy atom. The van der Waals surface area contributed by atoms with Crippen LogP contribution in [-0.2, 0) is 4.74 Å². The lowest BCUT2D eigenvalue weighted by Gasteiger charge is -2.17. The molecule has 0 saturated carbocycles. The van der Waals surface area contributed by atoms with Crippen LogP contribution in [0.3, 0.4) is 0 Å². The van der Waals surface area contributed by atoms with Crippen molar-refractivity contribution in [2.75, 3.05) is 12.3 Å². The molecule has 3 heterocycles. The number of aliphatic hydroxyl groups excluding tert-OH is 2. The van der Waals surface area contributed by atoms with Crippen molar-refractivity contribution in [3.05, 3.63) is 48.0 Å². The number of nitrogens with zero attached hydrogens (tertiary/aromatic N) is 4. The second-order valence-corrected chi connectivity index (χ2v) is 6.91. The van der Waals surface area contributed by atoms with Gasteiger partial charge in [-0.3, -0.25) is 4.57 Å². The highest BCUT2D eigenvalue weighted by molar-refractivity contribution is 5.81. The fourth-order valence-electron chi connectivity index (χ4n) is 3.17. The van der Waals surface area contributed by atoms with Gasteiger partial charge in [-0.05, 0) is 13.3 Å². The number of imidazole rings is 1. The summed E-state index contributed by atoms with van der Waals surface area (Å²) >= 11 is 0. The number of nitrogens with two attached hydrogens (primary N) is 1. The van der Waals surface area contributed by atoms with E-state index >= 15 is 0 Å². The predicted molar refractivity (Wildman–Crippen MR) is 103 cm³/mol. The molecule has 0 amide bonds. The van der Waals surface area contributed by atoms with Crippen molar-refractivity contribution in [1.82, 2.24) is 19.5 Å². The van der Waals surface area contributed by atoms with Gasteiger partial charge < -0.3 is 25.8 Å². The van der Waals surface area contributed by atoms with Crippen LogP contribution in [0.15, 0.2) is 36.9 Å². The highest BCUT2D eigenvalue weighted by Gasteiger charge is 2.34. The van der Waals surface area contributed by atoms with Crippen LogP contribution < -0.4 is 5.73 Å². The Hall–Kier alpha value is -2.59. The van der Waals surface area contributed by atoms with Crippen LogP contribution in [0, 0.1) is 12.8 Å². The number of ether oxygens (including phenoxy) is 1. The molecule has 1 aliphatic heterocycles. The second-order valence-electron chi connectivity index (χ2n) is 6.91. The summed E-state index contributed by atoms with van der Waals surface area (Å²) < 4.78 is 7.64. The van der Waals surface area contributed by atoms with E-state index in [2.05, 4.69) is 21.9 Å². The molecule has 3 aromatic rings. The molecule has 3 atom stereocenters. The first-order valence-corrected chi connectivity index (χ1v) is 9.02. The number of aromatic nitrogens is 4. The fourth-order valence-corrected chi connectivity index (χ4v) is 3.17. The summed E-state index contributed by atoms with van der Waals surface area (Å²) in [4.78, 5) is 12.3. The van der Waals surface area contributed by atoms with E-state index < -0.39 is 6.29 Å². The van der Waals surface area contributed by atoms with Crippen molar-refractivity contribution in [2.24, 2.45) is 5.92 Å². The Morgan fingerprint density at radius 1 is 1.21 bits per heavy atom. The van der Waals surface area contributed by atoms with Crippen LogP contribution >= 0.6 is 0 Å². The number of hydrogen-bond acceptors (Lipinski definition) is 8. The van der Waals surface area contributed by atoms with Crippen LogP contribution in [-0.4, -0.2) is 47.5 Å². The van der Waals surface area contributed by atoms with E-state index in [9.17, 15) is 0 Å². The predicted octanol–water partition coefficient (Wildman–Crippen LogP) is 1.30. The molecule has 0 radical (unpaired) electrons. The Morgan fingerprint density at radius 2 is 1.93 bits per heavy atom. The minimum Gasteiger partial charge on any atom is -0.394 e. The van der Waals surface area contributed by atoms with E-state index in [0.29, 0.717) is 22.5 Å². The van der Waals surface area contributed by atoms with Gasteiger partial charge in [-0.15, -0.1) is 0 Å². The summed E-state index contributed by atoms with van der Waals surface area (Å²) in [6.07, 6.45) is 2.26. The third-order valence-electron chi connectivity index (χ3n) is 4.69. The van der Waals surface area contributed by atoms with Gasteiger partial charge >= 0.3 is 0 Å². The average molecular weight is 387 g/mol. The zero-order valence-corrected chi connectivity index (χ0v) is 15.8. The van der Waals surface area contributed by atoms with Crippen LogP contribution in [0.2, 0.25) is 0 Å². The summed E-state index contributed by atoms with van der Waals surface area (Å²) in [5.74, 6) is 0.652. The lowest BCUT2D eigenvalue weighted by atomic mass is 10.1. The minimum absolute atomic E-state index is 0.0323. The van der Waals surface area contributed by atoms with E-state index in [1.54, 1.807) is 18.5 Å². The van der Waals surface area contributed by atoms with Gasteiger partial charge in [-0.2, -0.15) is 0 Å². The van der Waals surface area contributed by atoms with Crippen molar-refractivity contribution in [1.29, 1.82) is 0 Å². The third kappa shape index (κ3) is 4.28. The fraction of sp³-hybridized carbons (Fsp3) is 0.421. The van der Waals surface area contributed by atoms with Gasteiger partial charge in [-0.1, -0.05) is 36.8 Å². The molecule has 1 saturated heterocycles. The van der Waals surface area contributed by atoms with Gasteiger partial charge in [0.25, 0.3) is 0 Å². The van der Waals surface area contributed by atoms with Crippen LogP contribution in [0.4, 0.5) is 5.82 Å². The topological polar surface area (TPSA) is 140 Å². The highest BCUT2D eigenvalue weighted by atomic mass is 16.5. The van der Waals surface area contributed by atoms with Crippen molar-refractivity contribution < 1.29 is 20.1 Å². The molecule has 4 rings (SSSR count). The molecular weight excluding hydrogens is 362 g/mol. The largest absolute Gasteiger partial charge is 0.394 e. The van der Waals surface area contributed by atoms with Crippen LogP contribution in [0.1, 0.15) is 37.0 Å². The molecule has 0 aliphatic carbocycles. The summed E-state index contributed by atoms with van der Waals surface area (Å²) in [5.41, 5.74) is 8.65. The molecule has 9 nitrogen and oxygen atoms in total. The molecule has 1 unspecified atom stereocenters. The lowest BCUT2D eigenvalue weighted by molar-refractivity contribution is -0.0424. The van der Waals surface area contributed by atoms with Crippen molar-refractivity contribution in [3.63, 3.8) is 0 Å². The van der Waals surface area contributed by atoms with Gasteiger partial charge in [0.1, 0.15) is 18.1 Å². The monoisotopic (exact) mass is 387 g/mol. The van der Waals surface area contributed by atoms with Crippen molar-refractivity contribution in [3.8, 4) is 0 Å². The van der Waals surface area contributed by atoms with E-state index in [-0.39, 0.29) is 24.9 Å². The number of hydrogen-bond donors (Lipinski definition) is 4. The Bertz CT molecular complexity index is 912. The highest BCUT2D eigenvalue weighted by Crippen LogP contribution is 2.35. The van der Waals surface area contributed by atoms with Crippen molar-refractivity contribution >= 4 is 17.0 Å². The summed E-state index contributed by atoms with van der Waals surface area (Å²) in [6, 6.07) is 7.07. The summed E-state index contributed by atoms with van der Waals surface area (Å²) in [5, 5.41) is 26.5. The number of aryl methyl sites for hydroxylation is 1. The van der Waals surface area contributed by atoms with Gasteiger partial charge in [0.2, 0.25) is 0 Å². The van der Waals surface area contributed by atoms with Gasteiger partial charge in [-0.25, -0.2) is 15.0 Å². The number of anilines is 1. The summed E-state index contributed by atoms with van der Waals surface area (Å²) in [7, 11) is 0. The van der Waals surface area contributed by atoms with Gasteiger partial charge in [0.15, 0.2) is 17.8 Å². The average Bonchev–Trinajstić information content (AvgIpc) is 3.26. The van der Waals surface area contributed by atoms with Gasteiger partial charge in [0.05, 0.1) is 19.0 Å². The zero-order valence-electron chi connectivity index (χ0n) is 15.8. The zero-order chi connectivity index (χ0) is 20.3. The van der Waals surface area contributed by atoms with E-state index in [4.69, 9.17) is 25.8 Å². The first-order valence-electron chi connectivity index (χ1n) is 9.02. The number of rotatable bonds is 3. The molecule has 1 fully saturated rings. The van der Waals surface area contributed by atoms with E-state index in [1.165, 1.54) is 6.33 Å². The Balaban J connectivity index is 0.000000192. The molecule has 5 N–H and O–H groups in total. The molecule has 1 aromatic carbocycles. The van der Waals surface area contributed by atoms with Crippen molar-refractivity contribution in [2.45, 2.75) is 38.9 Å². The number of nitrogen functional groups attached to an aromatic ring is 1. The number of aliphatic hydroxyl groups is 3. The normalized spacial score (nSPS) is 21.7. The van der Waals surface area contributed by atoms with Crippen LogP contribution in [0.5, 0.6) is 0 Å². The molecule has 0 bridgehead atoms. The second kappa shape index (κ2) is 8.61. The minimum atomic E-state index is -1.35. The maximum Gasteiger partial charge on any atom is 0.178 e. The molecule has 9 heteroatoms. The first-order chi connectivity index (χ1) is 13.4. The van der Waals surface area contributed by atoms with Crippen LogP contribution in [0.25, 0.3) is 11.2 Å². The van der Waals surface area contributed by atoms with Gasteiger partial charge in [0, 0.05) is 11.5 Å². The Labute approximate surface area is 162 Å². The van der Waals surface area contributed by atoms with E-state index in [0.717, 1.165) is 12.0 Å². The molecule has 2 aromatic heterocycles. The molecule has 1 aliphatic rings. The quantitative estimate of drug-likeness (QED) is 0.493. The third-order valence-corrected chi connectivity index (χ3v) is 4.69. The maximum atomic E-state index is 9.16. The standard InChI is InChI=1S/C11H15N5O2.C8H10O2/c1-6-2-7(3-17)18-11(6)16-5-15-8-9(12)13-4-14-10(8)16;1-6-2-4-7(5-3-6)8(9)10/h4-7,11,17H,2-3H2,1H3,(H2,12,13,14);2-5,8-10H,1H3/t6-,7?,11+;/m0./s1. The molecule has 28 heavy (non-hydrogen) atoms. The lowest BCUT2D eigenvalue weighted by Crippen LogP contribution is -2.15.